The average Bonchev–Trinajstić information content (AvgIpc) is 3.63. The molecule has 5 rings (SSSR count). The number of H-pyrrole nitrogens is 1. The Morgan fingerprint density at radius 3 is 2.78 bits per heavy atom. The minimum absolute atomic E-state index is 0.0110. The minimum atomic E-state index is -1.15. The number of piperidine rings is 1. The molecule has 1 saturated carbocycles. The zero-order valence-corrected chi connectivity index (χ0v) is 20.7. The molecule has 2 fully saturated rings. The monoisotopic (exact) mass is 511 g/mol. The van der Waals surface area contributed by atoms with Gasteiger partial charge in [-0.25, -0.2) is 14.4 Å². The number of aliphatic hydroxyl groups is 2. The normalized spacial score (nSPS) is 20.6. The van der Waals surface area contributed by atoms with Crippen LogP contribution in [0, 0.1) is 18.7 Å². The van der Waals surface area contributed by atoms with Gasteiger partial charge in [-0.1, -0.05) is 0 Å². The third-order valence-electron chi connectivity index (χ3n) is 6.93. The zero-order chi connectivity index (χ0) is 26.3. The smallest absolute Gasteiger partial charge is 0.255 e. The number of fused-ring (bicyclic) bond motifs is 1. The molecule has 0 bridgehead atoms. The molecule has 2 aliphatic rings. The van der Waals surface area contributed by atoms with Gasteiger partial charge >= 0.3 is 0 Å². The lowest BCUT2D eigenvalue weighted by molar-refractivity contribution is -0.142. The number of rotatable bonds is 7. The van der Waals surface area contributed by atoms with Gasteiger partial charge in [-0.05, 0) is 57.2 Å². The second-order valence-corrected chi connectivity index (χ2v) is 9.86. The van der Waals surface area contributed by atoms with Crippen molar-refractivity contribution in [2.45, 2.75) is 51.4 Å². The second kappa shape index (κ2) is 10.1. The number of amides is 2. The van der Waals surface area contributed by atoms with E-state index in [0.29, 0.717) is 64.8 Å². The first-order chi connectivity index (χ1) is 17.7. The Balaban J connectivity index is 1.41. The van der Waals surface area contributed by atoms with E-state index in [0.717, 1.165) is 12.8 Å². The molecule has 3 atom stereocenters. The van der Waals surface area contributed by atoms with Crippen molar-refractivity contribution >= 4 is 22.8 Å². The Labute approximate surface area is 212 Å². The number of nitrogens with zero attached hydrogens (tertiary/aromatic N) is 3. The van der Waals surface area contributed by atoms with E-state index in [1.54, 1.807) is 13.0 Å². The van der Waals surface area contributed by atoms with Crippen LogP contribution >= 0.6 is 0 Å². The summed E-state index contributed by atoms with van der Waals surface area (Å²) in [5.41, 5.74) is 2.57. The molecule has 11 heteroatoms. The van der Waals surface area contributed by atoms with Gasteiger partial charge in [-0.2, -0.15) is 0 Å². The van der Waals surface area contributed by atoms with E-state index in [2.05, 4.69) is 20.3 Å². The molecule has 0 unspecified atom stereocenters. The Hall–Kier alpha value is -3.57. The van der Waals surface area contributed by atoms with Crippen LogP contribution in [0.2, 0.25) is 0 Å². The summed E-state index contributed by atoms with van der Waals surface area (Å²) >= 11 is 0. The van der Waals surface area contributed by atoms with Crippen LogP contribution in [0.15, 0.2) is 24.5 Å². The lowest BCUT2D eigenvalue weighted by atomic mass is 10.0. The summed E-state index contributed by atoms with van der Waals surface area (Å²) < 4.78 is 20.2. The number of nitrogens with one attached hydrogen (secondary N) is 2. The molecule has 3 heterocycles. The number of likely N-dealkylation sites (tertiary alicyclic amines) is 1. The molecule has 0 spiro atoms. The predicted molar refractivity (Wildman–Crippen MR) is 132 cm³/mol. The summed E-state index contributed by atoms with van der Waals surface area (Å²) in [6.45, 7) is 3.97. The fourth-order valence-electron chi connectivity index (χ4n) is 4.71. The number of aliphatic hydroxyl groups excluding tert-OH is 2. The van der Waals surface area contributed by atoms with E-state index < -0.39 is 35.9 Å². The first-order valence-corrected chi connectivity index (χ1v) is 12.4. The van der Waals surface area contributed by atoms with E-state index in [-0.39, 0.29) is 6.54 Å². The molecule has 196 valence electrons. The van der Waals surface area contributed by atoms with Crippen molar-refractivity contribution in [1.82, 2.24) is 25.2 Å². The SMILES string of the molecule is Cc1[nH]c2c(-c3cc(F)ccc3OCC3CC3)ncnc2c1C(=O)N[C@@H]1CCN(C(=O)[C@H](C)O)C[C@@H]1O. The molecule has 2 amide bonds. The van der Waals surface area contributed by atoms with E-state index in [9.17, 15) is 24.2 Å². The Morgan fingerprint density at radius 2 is 2.08 bits per heavy atom. The van der Waals surface area contributed by atoms with E-state index in [1.807, 2.05) is 0 Å². The molecule has 1 aliphatic carbocycles. The maximum Gasteiger partial charge on any atom is 0.255 e. The molecule has 10 nitrogen and oxygen atoms in total. The highest BCUT2D eigenvalue weighted by atomic mass is 19.1. The number of benzene rings is 1. The fraction of sp³-hybridized carbons (Fsp3) is 0.462. The number of aromatic amines is 1. The number of aryl methyl sites for hydroxylation is 1. The number of hydrogen-bond acceptors (Lipinski definition) is 7. The van der Waals surface area contributed by atoms with E-state index >= 15 is 0 Å². The van der Waals surface area contributed by atoms with Crippen LogP contribution in [0.3, 0.4) is 0 Å². The van der Waals surface area contributed by atoms with Crippen LogP contribution in [-0.4, -0.2) is 79.8 Å². The molecule has 0 radical (unpaired) electrons. The molecule has 3 aromatic rings. The number of ether oxygens (including phenoxy) is 1. The van der Waals surface area contributed by atoms with Gasteiger partial charge in [0.05, 0.1) is 29.8 Å². The van der Waals surface area contributed by atoms with Crippen LogP contribution in [-0.2, 0) is 4.79 Å². The topological polar surface area (TPSA) is 141 Å². The van der Waals surface area contributed by atoms with Crippen LogP contribution in [0.4, 0.5) is 4.39 Å². The van der Waals surface area contributed by atoms with Gasteiger partial charge in [0, 0.05) is 24.3 Å². The summed E-state index contributed by atoms with van der Waals surface area (Å²) in [7, 11) is 0. The first kappa shape index (κ1) is 25.1. The number of aromatic nitrogens is 3. The molecular formula is C26H30FN5O5. The van der Waals surface area contributed by atoms with Gasteiger partial charge < -0.3 is 30.2 Å². The van der Waals surface area contributed by atoms with Crippen LogP contribution in [0.25, 0.3) is 22.3 Å². The highest BCUT2D eigenvalue weighted by Gasteiger charge is 2.33. The van der Waals surface area contributed by atoms with Crippen LogP contribution < -0.4 is 10.1 Å². The molecule has 1 aromatic carbocycles. The van der Waals surface area contributed by atoms with Crippen molar-refractivity contribution in [1.29, 1.82) is 0 Å². The number of halogens is 1. The third kappa shape index (κ3) is 5.14. The van der Waals surface area contributed by atoms with Crippen LogP contribution in [0.1, 0.15) is 42.2 Å². The summed E-state index contributed by atoms with van der Waals surface area (Å²) in [4.78, 5) is 38.6. The standard InChI is InChI=1S/C26H30FN5O5/c1-13-21(25(35)31-18-7-8-32(10-19(18)34)26(36)14(2)33)23-24(30-13)22(28-12-29-23)17-9-16(27)5-6-20(17)37-11-15-3-4-15/h5-6,9,12,14-15,18-19,30,33-34H,3-4,7-8,10-11H2,1-2H3,(H,31,35)/t14-,18+,19-/m0/s1. The number of carbonyl (C=O) groups is 2. The van der Waals surface area contributed by atoms with Crippen molar-refractivity contribution < 1.29 is 28.9 Å². The van der Waals surface area contributed by atoms with E-state index in [4.69, 9.17) is 4.74 Å². The molecule has 4 N–H and O–H groups in total. The van der Waals surface area contributed by atoms with Gasteiger partial charge in [0.15, 0.2) is 0 Å². The molecule has 1 aliphatic heterocycles. The summed E-state index contributed by atoms with van der Waals surface area (Å²) in [5, 5.41) is 23.0. The maximum absolute atomic E-state index is 14.2. The minimum Gasteiger partial charge on any atom is -0.493 e. The lowest BCUT2D eigenvalue weighted by Gasteiger charge is -2.36. The third-order valence-corrected chi connectivity index (χ3v) is 6.93. The van der Waals surface area contributed by atoms with Crippen molar-refractivity contribution in [2.75, 3.05) is 19.7 Å². The second-order valence-electron chi connectivity index (χ2n) is 9.86. The summed E-state index contributed by atoms with van der Waals surface area (Å²) in [6.07, 6.45) is 1.75. The van der Waals surface area contributed by atoms with Gasteiger partial charge in [0.1, 0.15) is 35.2 Å². The maximum atomic E-state index is 14.2. The summed E-state index contributed by atoms with van der Waals surface area (Å²) in [6, 6.07) is 3.70. The molecule has 1 saturated heterocycles. The van der Waals surface area contributed by atoms with Gasteiger partial charge in [0.25, 0.3) is 11.8 Å². The largest absolute Gasteiger partial charge is 0.493 e. The number of carbonyl (C=O) groups excluding carboxylic acids is 2. The van der Waals surface area contributed by atoms with Crippen molar-refractivity contribution in [3.05, 3.63) is 41.6 Å². The van der Waals surface area contributed by atoms with Gasteiger partial charge in [0.2, 0.25) is 0 Å². The Kier molecular flexibility index (Phi) is 6.82. The Morgan fingerprint density at radius 1 is 1.30 bits per heavy atom. The molecule has 2 aromatic heterocycles. The quantitative estimate of drug-likeness (QED) is 0.380. The first-order valence-electron chi connectivity index (χ1n) is 12.4. The van der Waals surface area contributed by atoms with E-state index in [1.165, 1.54) is 30.3 Å². The highest BCUT2D eigenvalue weighted by Crippen LogP contribution is 2.36. The number of hydrogen-bond donors (Lipinski definition) is 4. The highest BCUT2D eigenvalue weighted by molar-refractivity contribution is 6.09. The fourth-order valence-corrected chi connectivity index (χ4v) is 4.71. The molecular weight excluding hydrogens is 481 g/mol. The Bertz CT molecular complexity index is 1340. The number of β-amino-alcohol motifs (C(OH)–C–C–N with tert-alkyl or cyclic N) is 1. The van der Waals surface area contributed by atoms with Crippen molar-refractivity contribution in [3.8, 4) is 17.0 Å². The van der Waals surface area contributed by atoms with Crippen molar-refractivity contribution in [3.63, 3.8) is 0 Å². The van der Waals surface area contributed by atoms with Crippen molar-refractivity contribution in [2.24, 2.45) is 5.92 Å². The van der Waals surface area contributed by atoms with Gasteiger partial charge in [-0.15, -0.1) is 0 Å². The molecule has 37 heavy (non-hydrogen) atoms. The predicted octanol–water partition coefficient (Wildman–Crippen LogP) is 1.93. The van der Waals surface area contributed by atoms with Crippen LogP contribution in [0.5, 0.6) is 5.75 Å². The average molecular weight is 512 g/mol. The zero-order valence-electron chi connectivity index (χ0n) is 20.7. The summed E-state index contributed by atoms with van der Waals surface area (Å²) in [5.74, 6) is -0.307. The van der Waals surface area contributed by atoms with Gasteiger partial charge in [-0.3, -0.25) is 9.59 Å². The lowest BCUT2D eigenvalue weighted by Crippen LogP contribution is -2.56.